The third-order valence-corrected chi connectivity index (χ3v) is 4.05. The van der Waals surface area contributed by atoms with E-state index in [9.17, 15) is 4.79 Å². The van der Waals surface area contributed by atoms with Crippen LogP contribution in [0.2, 0.25) is 0 Å². The van der Waals surface area contributed by atoms with Crippen LogP contribution >= 0.6 is 0 Å². The first kappa shape index (κ1) is 17.2. The van der Waals surface area contributed by atoms with E-state index in [1.165, 1.54) is 0 Å². The fourth-order valence-electron chi connectivity index (χ4n) is 2.99. The number of alkyl carbamates (subject to hydrolysis) is 1. The summed E-state index contributed by atoms with van der Waals surface area (Å²) in [4.78, 5) is 11.9. The lowest BCUT2D eigenvalue weighted by atomic mass is 10.0. The van der Waals surface area contributed by atoms with Crippen molar-refractivity contribution >= 4 is 17.6 Å². The second kappa shape index (κ2) is 7.08. The van der Waals surface area contributed by atoms with Gasteiger partial charge in [0.1, 0.15) is 5.60 Å². The van der Waals surface area contributed by atoms with Crippen LogP contribution in [0.5, 0.6) is 0 Å². The summed E-state index contributed by atoms with van der Waals surface area (Å²) in [5, 5.41) is 21.1. The first-order valence-corrected chi connectivity index (χ1v) is 8.47. The maximum Gasteiger partial charge on any atom is 0.407 e. The minimum atomic E-state index is -0.478. The van der Waals surface area contributed by atoms with E-state index >= 15 is 0 Å². The molecule has 8 nitrogen and oxygen atoms in total. The van der Waals surface area contributed by atoms with E-state index in [-0.39, 0.29) is 12.1 Å². The summed E-state index contributed by atoms with van der Waals surface area (Å²) in [7, 11) is 0. The largest absolute Gasteiger partial charge is 0.444 e. The standard InChI is InChI=1S/C17H24N6O2/c1-17(2,3)25-16(24)21-12-5-4-11(8-12)14-9-15(23-22-14)20-13-6-7-18-19-10-13/h6-7,9-12H,4-5,8H2,1-3H3,(H,21,24)(H2,18,20,22,23)/t11-,12+/m0/s1. The Morgan fingerprint density at radius 1 is 1.32 bits per heavy atom. The second-order valence-electron chi connectivity index (χ2n) is 7.32. The van der Waals surface area contributed by atoms with Gasteiger partial charge in [0.05, 0.1) is 18.1 Å². The van der Waals surface area contributed by atoms with Crippen LogP contribution < -0.4 is 10.6 Å². The first-order chi connectivity index (χ1) is 11.9. The Hall–Kier alpha value is -2.64. The second-order valence-corrected chi connectivity index (χ2v) is 7.32. The van der Waals surface area contributed by atoms with E-state index in [4.69, 9.17) is 4.74 Å². The number of anilines is 2. The predicted molar refractivity (Wildman–Crippen MR) is 93.7 cm³/mol. The summed E-state index contributed by atoms with van der Waals surface area (Å²) in [5.74, 6) is 1.09. The Morgan fingerprint density at radius 3 is 2.88 bits per heavy atom. The van der Waals surface area contributed by atoms with E-state index in [0.717, 1.165) is 36.5 Å². The fourth-order valence-corrected chi connectivity index (χ4v) is 2.99. The highest BCUT2D eigenvalue weighted by Crippen LogP contribution is 2.34. The van der Waals surface area contributed by atoms with Gasteiger partial charge in [-0.15, -0.1) is 0 Å². The number of aromatic amines is 1. The normalized spacial score (nSPS) is 20.3. The van der Waals surface area contributed by atoms with Crippen LogP contribution in [-0.2, 0) is 4.74 Å². The van der Waals surface area contributed by atoms with Gasteiger partial charge in [0.2, 0.25) is 0 Å². The average molecular weight is 344 g/mol. The Bertz CT molecular complexity index is 709. The topological polar surface area (TPSA) is 105 Å². The molecule has 134 valence electrons. The van der Waals surface area contributed by atoms with Gasteiger partial charge in [-0.2, -0.15) is 15.3 Å². The van der Waals surface area contributed by atoms with Crippen molar-refractivity contribution < 1.29 is 9.53 Å². The van der Waals surface area contributed by atoms with Gasteiger partial charge in [-0.3, -0.25) is 5.10 Å². The fraction of sp³-hybridized carbons (Fsp3) is 0.529. The zero-order valence-corrected chi connectivity index (χ0v) is 14.7. The number of carbonyl (C=O) groups is 1. The van der Waals surface area contributed by atoms with Crippen molar-refractivity contribution in [3.05, 3.63) is 30.2 Å². The van der Waals surface area contributed by atoms with Crippen molar-refractivity contribution in [3.8, 4) is 0 Å². The molecular weight excluding hydrogens is 320 g/mol. The predicted octanol–water partition coefficient (Wildman–Crippen LogP) is 3.10. The van der Waals surface area contributed by atoms with E-state index in [1.54, 1.807) is 12.4 Å². The van der Waals surface area contributed by atoms with Crippen LogP contribution in [0.4, 0.5) is 16.3 Å². The van der Waals surface area contributed by atoms with Crippen molar-refractivity contribution in [3.63, 3.8) is 0 Å². The molecule has 0 radical (unpaired) electrons. The van der Waals surface area contributed by atoms with E-state index < -0.39 is 5.60 Å². The number of hydrogen-bond donors (Lipinski definition) is 3. The lowest BCUT2D eigenvalue weighted by Gasteiger charge is -2.21. The zero-order chi connectivity index (χ0) is 17.9. The molecule has 2 aromatic rings. The number of amides is 1. The SMILES string of the molecule is CC(C)(C)OC(=O)N[C@@H]1CC[C@H](c2cc(Nc3ccnnc3)n[nH]2)C1. The molecule has 3 N–H and O–H groups in total. The summed E-state index contributed by atoms with van der Waals surface area (Å²) < 4.78 is 5.32. The number of aromatic nitrogens is 4. The van der Waals surface area contributed by atoms with Crippen LogP contribution in [0.1, 0.15) is 51.6 Å². The molecule has 1 amide bonds. The van der Waals surface area contributed by atoms with Gasteiger partial charge in [0.25, 0.3) is 0 Å². The Balaban J connectivity index is 1.53. The highest BCUT2D eigenvalue weighted by Gasteiger charge is 2.29. The number of nitrogens with one attached hydrogen (secondary N) is 3. The van der Waals surface area contributed by atoms with E-state index in [0.29, 0.717) is 5.92 Å². The molecule has 0 aliphatic heterocycles. The zero-order valence-electron chi connectivity index (χ0n) is 14.7. The van der Waals surface area contributed by atoms with Crippen LogP contribution in [0.3, 0.4) is 0 Å². The number of rotatable bonds is 4. The highest BCUT2D eigenvalue weighted by molar-refractivity contribution is 5.68. The minimum absolute atomic E-state index is 0.129. The number of H-pyrrole nitrogens is 1. The molecular formula is C17H24N6O2. The molecule has 8 heteroatoms. The third-order valence-electron chi connectivity index (χ3n) is 4.05. The van der Waals surface area contributed by atoms with Crippen molar-refractivity contribution in [2.75, 3.05) is 5.32 Å². The molecule has 0 bridgehead atoms. The lowest BCUT2D eigenvalue weighted by Crippen LogP contribution is -2.37. The van der Waals surface area contributed by atoms with Crippen molar-refractivity contribution in [2.45, 2.75) is 57.6 Å². The quantitative estimate of drug-likeness (QED) is 0.787. The van der Waals surface area contributed by atoms with E-state index in [1.807, 2.05) is 32.9 Å². The minimum Gasteiger partial charge on any atom is -0.444 e. The number of hydrogen-bond acceptors (Lipinski definition) is 6. The van der Waals surface area contributed by atoms with E-state index in [2.05, 4.69) is 31.0 Å². The van der Waals surface area contributed by atoms with Crippen LogP contribution in [0.25, 0.3) is 0 Å². The maximum absolute atomic E-state index is 11.9. The molecule has 1 fully saturated rings. The maximum atomic E-state index is 11.9. The molecule has 3 rings (SSSR count). The van der Waals surface area contributed by atoms with Crippen molar-refractivity contribution in [1.82, 2.24) is 25.7 Å². The molecule has 1 saturated carbocycles. The van der Waals surface area contributed by atoms with Gasteiger partial charge in [0, 0.05) is 23.7 Å². The molecule has 1 aliphatic carbocycles. The monoisotopic (exact) mass is 344 g/mol. The molecule has 2 aromatic heterocycles. The summed E-state index contributed by atoms with van der Waals surface area (Å²) in [5.41, 5.74) is 1.43. The highest BCUT2D eigenvalue weighted by atomic mass is 16.6. The van der Waals surface area contributed by atoms with Gasteiger partial charge in [-0.1, -0.05) is 0 Å². The Morgan fingerprint density at radius 2 is 2.16 bits per heavy atom. The van der Waals surface area contributed by atoms with Crippen LogP contribution in [0, 0.1) is 0 Å². The number of ether oxygens (including phenoxy) is 1. The van der Waals surface area contributed by atoms with Gasteiger partial charge in [-0.05, 0) is 46.1 Å². The van der Waals surface area contributed by atoms with Crippen molar-refractivity contribution in [2.24, 2.45) is 0 Å². The van der Waals surface area contributed by atoms with Crippen LogP contribution in [-0.4, -0.2) is 38.1 Å². The molecule has 0 saturated heterocycles. The number of carbonyl (C=O) groups excluding carboxylic acids is 1. The number of nitrogens with zero attached hydrogens (tertiary/aromatic N) is 3. The Labute approximate surface area is 146 Å². The lowest BCUT2D eigenvalue weighted by molar-refractivity contribution is 0.0505. The first-order valence-electron chi connectivity index (χ1n) is 8.47. The smallest absolute Gasteiger partial charge is 0.407 e. The van der Waals surface area contributed by atoms with Gasteiger partial charge >= 0.3 is 6.09 Å². The molecule has 25 heavy (non-hydrogen) atoms. The summed E-state index contributed by atoms with van der Waals surface area (Å²) >= 11 is 0. The van der Waals surface area contributed by atoms with Crippen LogP contribution in [0.15, 0.2) is 24.5 Å². The molecule has 0 spiro atoms. The Kier molecular flexibility index (Phi) is 4.87. The van der Waals surface area contributed by atoms with Crippen molar-refractivity contribution in [1.29, 1.82) is 0 Å². The van der Waals surface area contributed by atoms with Gasteiger partial charge in [0.15, 0.2) is 5.82 Å². The molecule has 0 aromatic carbocycles. The molecule has 1 aliphatic rings. The summed E-state index contributed by atoms with van der Waals surface area (Å²) in [6.07, 6.45) is 5.72. The summed E-state index contributed by atoms with van der Waals surface area (Å²) in [6.45, 7) is 5.59. The molecule has 2 atom stereocenters. The van der Waals surface area contributed by atoms with Gasteiger partial charge < -0.3 is 15.4 Å². The molecule has 0 unspecified atom stereocenters. The van der Waals surface area contributed by atoms with Gasteiger partial charge in [-0.25, -0.2) is 4.79 Å². The third kappa shape index (κ3) is 4.91. The summed E-state index contributed by atoms with van der Waals surface area (Å²) in [6, 6.07) is 3.96. The average Bonchev–Trinajstić information content (AvgIpc) is 3.15. The molecule has 2 heterocycles.